The third kappa shape index (κ3) is 4.70. The Morgan fingerprint density at radius 1 is 0.947 bits per heavy atom. The Kier molecular flexibility index (Phi) is 5.44. The van der Waals surface area contributed by atoms with Gasteiger partial charge in [0, 0.05) is 39.3 Å². The van der Waals surface area contributed by atoms with Gasteiger partial charge in [-0.05, 0) is 24.3 Å². The molecule has 0 atom stereocenters. The normalized spacial score (nSPS) is 17.5. The summed E-state index contributed by atoms with van der Waals surface area (Å²) in [5.74, 6) is 1.05. The Hall–Kier alpha value is -1.30. The van der Waals surface area contributed by atoms with Crippen LogP contribution in [0.3, 0.4) is 0 Å². The molecule has 0 bridgehead atoms. The monoisotopic (exact) mass is 266 g/mol. The van der Waals surface area contributed by atoms with Gasteiger partial charge in [-0.25, -0.2) is 0 Å². The van der Waals surface area contributed by atoms with E-state index in [1.807, 2.05) is 0 Å². The lowest BCUT2D eigenvalue weighted by molar-refractivity contribution is 0.102. The fraction of sp³-hybridized carbons (Fsp3) is 0.571. The number of hydrogen-bond acceptors (Lipinski definition) is 5. The van der Waals surface area contributed by atoms with Crippen molar-refractivity contribution >= 4 is 0 Å². The number of rotatable bonds is 6. The van der Waals surface area contributed by atoms with Gasteiger partial charge in [0.1, 0.15) is 18.1 Å². The number of piperazine rings is 1. The molecular formula is C14H22N2O3. The molecule has 1 aromatic carbocycles. The average Bonchev–Trinajstić information content (AvgIpc) is 2.43. The lowest BCUT2D eigenvalue weighted by atomic mass is 10.3. The number of ether oxygens (including phenoxy) is 1. The molecule has 1 heterocycles. The van der Waals surface area contributed by atoms with Gasteiger partial charge in [0.2, 0.25) is 0 Å². The van der Waals surface area contributed by atoms with Crippen LogP contribution in [0.2, 0.25) is 0 Å². The van der Waals surface area contributed by atoms with Crippen LogP contribution in [0, 0.1) is 0 Å². The molecule has 5 heteroatoms. The standard InChI is InChI=1S/C14H22N2O3/c17-11-9-15-5-7-16(8-6-15)10-12-19-14-3-1-13(18)2-4-14/h1-4,17-18H,5-12H2. The van der Waals surface area contributed by atoms with E-state index in [1.54, 1.807) is 24.3 Å². The van der Waals surface area contributed by atoms with Gasteiger partial charge >= 0.3 is 0 Å². The van der Waals surface area contributed by atoms with Crippen molar-refractivity contribution in [2.75, 3.05) is 52.5 Å². The number of β-amino-alcohol motifs (C(OH)–C–C–N with tert-alkyl or cyclic N) is 1. The highest BCUT2D eigenvalue weighted by atomic mass is 16.5. The van der Waals surface area contributed by atoms with Crippen LogP contribution in [0.15, 0.2) is 24.3 Å². The molecular weight excluding hydrogens is 244 g/mol. The Bertz CT molecular complexity index is 361. The maximum atomic E-state index is 9.17. The first-order valence-corrected chi connectivity index (χ1v) is 6.75. The van der Waals surface area contributed by atoms with E-state index in [4.69, 9.17) is 14.9 Å². The molecule has 1 aromatic rings. The van der Waals surface area contributed by atoms with Crippen LogP contribution >= 0.6 is 0 Å². The molecule has 1 aliphatic heterocycles. The van der Waals surface area contributed by atoms with E-state index in [2.05, 4.69) is 9.80 Å². The van der Waals surface area contributed by atoms with E-state index in [0.717, 1.165) is 45.0 Å². The number of nitrogens with zero attached hydrogens (tertiary/aromatic N) is 2. The maximum absolute atomic E-state index is 9.17. The molecule has 19 heavy (non-hydrogen) atoms. The molecule has 0 aliphatic carbocycles. The SMILES string of the molecule is OCCN1CCN(CCOc2ccc(O)cc2)CC1. The van der Waals surface area contributed by atoms with Crippen molar-refractivity contribution in [3.63, 3.8) is 0 Å². The molecule has 0 radical (unpaired) electrons. The Morgan fingerprint density at radius 2 is 1.53 bits per heavy atom. The summed E-state index contributed by atoms with van der Waals surface area (Å²) in [6.07, 6.45) is 0. The van der Waals surface area contributed by atoms with Crippen LogP contribution < -0.4 is 4.74 Å². The Labute approximate surface area is 114 Å². The summed E-state index contributed by atoms with van der Waals surface area (Å²) in [5, 5.41) is 18.0. The van der Waals surface area contributed by atoms with Crippen LogP contribution in [0.4, 0.5) is 0 Å². The molecule has 1 saturated heterocycles. The zero-order chi connectivity index (χ0) is 13.5. The highest BCUT2D eigenvalue weighted by Gasteiger charge is 2.15. The van der Waals surface area contributed by atoms with Crippen LogP contribution in [0.25, 0.3) is 0 Å². The second-order valence-corrected chi connectivity index (χ2v) is 4.75. The number of phenols is 1. The molecule has 0 amide bonds. The highest BCUT2D eigenvalue weighted by molar-refractivity contribution is 5.29. The van der Waals surface area contributed by atoms with Crippen LogP contribution in [-0.4, -0.2) is 72.5 Å². The predicted molar refractivity (Wildman–Crippen MR) is 73.6 cm³/mol. The van der Waals surface area contributed by atoms with E-state index >= 15 is 0 Å². The Morgan fingerprint density at radius 3 is 2.11 bits per heavy atom. The Balaban J connectivity index is 1.63. The van der Waals surface area contributed by atoms with Crippen molar-refractivity contribution in [1.29, 1.82) is 0 Å². The summed E-state index contributed by atoms with van der Waals surface area (Å²) in [7, 11) is 0. The molecule has 5 nitrogen and oxygen atoms in total. The first-order chi connectivity index (χ1) is 9.28. The first kappa shape index (κ1) is 14.1. The van der Waals surface area contributed by atoms with Crippen molar-refractivity contribution in [3.05, 3.63) is 24.3 Å². The summed E-state index contributed by atoms with van der Waals surface area (Å²) in [4.78, 5) is 4.64. The molecule has 2 N–H and O–H groups in total. The van der Waals surface area contributed by atoms with Crippen molar-refractivity contribution in [2.45, 2.75) is 0 Å². The fourth-order valence-electron chi connectivity index (χ4n) is 2.21. The molecule has 1 fully saturated rings. The fourth-order valence-corrected chi connectivity index (χ4v) is 2.21. The highest BCUT2D eigenvalue weighted by Crippen LogP contribution is 2.15. The summed E-state index contributed by atoms with van der Waals surface area (Å²) < 4.78 is 5.63. The van der Waals surface area contributed by atoms with Gasteiger partial charge in [-0.15, -0.1) is 0 Å². The van der Waals surface area contributed by atoms with Crippen LogP contribution in [0.1, 0.15) is 0 Å². The van der Waals surface area contributed by atoms with Crippen LogP contribution in [-0.2, 0) is 0 Å². The number of phenolic OH excluding ortho intramolecular Hbond substituents is 1. The van der Waals surface area contributed by atoms with Gasteiger partial charge < -0.3 is 14.9 Å². The number of hydrogen-bond donors (Lipinski definition) is 2. The van der Waals surface area contributed by atoms with E-state index in [1.165, 1.54) is 0 Å². The number of aliphatic hydroxyl groups excluding tert-OH is 1. The zero-order valence-electron chi connectivity index (χ0n) is 11.2. The molecule has 0 unspecified atom stereocenters. The summed E-state index contributed by atoms with van der Waals surface area (Å²) in [6, 6.07) is 6.80. The predicted octanol–water partition coefficient (Wildman–Crippen LogP) is 0.381. The van der Waals surface area contributed by atoms with E-state index in [9.17, 15) is 0 Å². The van der Waals surface area contributed by atoms with E-state index in [0.29, 0.717) is 6.61 Å². The average molecular weight is 266 g/mol. The number of benzene rings is 1. The summed E-state index contributed by atoms with van der Waals surface area (Å²) in [5.41, 5.74) is 0. The van der Waals surface area contributed by atoms with E-state index in [-0.39, 0.29) is 12.4 Å². The molecule has 106 valence electrons. The molecule has 0 spiro atoms. The van der Waals surface area contributed by atoms with Gasteiger partial charge in [0.25, 0.3) is 0 Å². The minimum atomic E-state index is 0.240. The second-order valence-electron chi connectivity index (χ2n) is 4.75. The maximum Gasteiger partial charge on any atom is 0.119 e. The van der Waals surface area contributed by atoms with Gasteiger partial charge in [-0.1, -0.05) is 0 Å². The topological polar surface area (TPSA) is 56.2 Å². The molecule has 0 saturated carbocycles. The summed E-state index contributed by atoms with van der Waals surface area (Å²) >= 11 is 0. The molecule has 2 rings (SSSR count). The minimum Gasteiger partial charge on any atom is -0.508 e. The third-order valence-corrected chi connectivity index (χ3v) is 3.39. The number of aliphatic hydroxyl groups is 1. The first-order valence-electron chi connectivity index (χ1n) is 6.75. The smallest absolute Gasteiger partial charge is 0.119 e. The van der Waals surface area contributed by atoms with E-state index < -0.39 is 0 Å². The molecule has 0 aromatic heterocycles. The largest absolute Gasteiger partial charge is 0.508 e. The third-order valence-electron chi connectivity index (χ3n) is 3.39. The van der Waals surface area contributed by atoms with Crippen molar-refractivity contribution in [3.8, 4) is 11.5 Å². The second kappa shape index (κ2) is 7.33. The van der Waals surface area contributed by atoms with Gasteiger partial charge in [-0.3, -0.25) is 9.80 Å². The van der Waals surface area contributed by atoms with Gasteiger partial charge in [0.05, 0.1) is 6.61 Å². The van der Waals surface area contributed by atoms with Gasteiger partial charge in [-0.2, -0.15) is 0 Å². The molecule has 1 aliphatic rings. The van der Waals surface area contributed by atoms with Gasteiger partial charge in [0.15, 0.2) is 0 Å². The van der Waals surface area contributed by atoms with Crippen molar-refractivity contribution < 1.29 is 14.9 Å². The van der Waals surface area contributed by atoms with Crippen molar-refractivity contribution in [2.24, 2.45) is 0 Å². The quantitative estimate of drug-likeness (QED) is 0.779. The van der Waals surface area contributed by atoms with Crippen molar-refractivity contribution in [1.82, 2.24) is 9.80 Å². The summed E-state index contributed by atoms with van der Waals surface area (Å²) in [6.45, 7) is 6.66. The lowest BCUT2D eigenvalue weighted by Crippen LogP contribution is -2.48. The minimum absolute atomic E-state index is 0.240. The van der Waals surface area contributed by atoms with Crippen LogP contribution in [0.5, 0.6) is 11.5 Å². The lowest BCUT2D eigenvalue weighted by Gasteiger charge is -2.34. The number of aromatic hydroxyl groups is 1. The zero-order valence-corrected chi connectivity index (χ0v) is 11.2.